The average Bonchev–Trinajstić information content (AvgIpc) is 2.65. The second-order valence-electron chi connectivity index (χ2n) is 7.42. The molecule has 0 saturated carbocycles. The van der Waals surface area contributed by atoms with E-state index in [1.165, 1.54) is 13.8 Å². The maximum absolute atomic E-state index is 12.1. The zero-order chi connectivity index (χ0) is 27.0. The summed E-state index contributed by atoms with van der Waals surface area (Å²) in [6, 6.07) is 0. The third-order valence-electron chi connectivity index (χ3n) is 3.90. The van der Waals surface area contributed by atoms with Gasteiger partial charge in [0.1, 0.15) is 6.10 Å². The number of hydrogen-bond acceptors (Lipinski definition) is 11. The highest BCUT2D eigenvalue weighted by Crippen LogP contribution is 2.58. The van der Waals surface area contributed by atoms with Gasteiger partial charge in [-0.2, -0.15) is 12.7 Å². The van der Waals surface area contributed by atoms with Gasteiger partial charge in [0.05, 0.1) is 6.61 Å². The minimum atomic E-state index is -5.33. The predicted octanol–water partition coefficient (Wildman–Crippen LogP) is -1.24. The lowest BCUT2D eigenvalue weighted by molar-refractivity contribution is -0.137. The zero-order valence-corrected chi connectivity index (χ0v) is 21.7. The minimum absolute atomic E-state index is 0.00766. The van der Waals surface area contributed by atoms with Crippen molar-refractivity contribution in [1.82, 2.24) is 10.6 Å². The molecule has 0 aromatic heterocycles. The van der Waals surface area contributed by atoms with Crippen LogP contribution in [0.5, 0.6) is 0 Å². The Hall–Kier alpha value is -0.910. The maximum Gasteiger partial charge on any atom is 0.481 e. The van der Waals surface area contributed by atoms with E-state index >= 15 is 0 Å². The first kappa shape index (κ1) is 33.1. The summed E-state index contributed by atoms with van der Waals surface area (Å²) in [5.74, 6) is -1.47. The molecular weight excluding hydrogens is 546 g/mol. The number of thioether (sulfide) groups is 1. The van der Waals surface area contributed by atoms with Gasteiger partial charge in [0.2, 0.25) is 16.9 Å². The van der Waals surface area contributed by atoms with Gasteiger partial charge in [0, 0.05) is 30.7 Å². The first-order chi connectivity index (χ1) is 15.2. The van der Waals surface area contributed by atoms with Crippen LogP contribution in [0.25, 0.3) is 0 Å². The Labute approximate surface area is 199 Å². The summed E-state index contributed by atoms with van der Waals surface area (Å²) in [5.41, 5.74) is -1.51. The van der Waals surface area contributed by atoms with Gasteiger partial charge in [0.15, 0.2) is 5.25 Å². The van der Waals surface area contributed by atoms with Crippen LogP contribution in [0.2, 0.25) is 0 Å². The third kappa shape index (κ3) is 13.8. The largest absolute Gasteiger partial charge is 0.481 e. The summed E-state index contributed by atoms with van der Waals surface area (Å²) in [7, 11) is -15.0. The summed E-state index contributed by atoms with van der Waals surface area (Å²) in [5, 5.41) is 12.4. The standard InChI is InChI=1S/C14H28N2O14P2S2/c1-9(34(26,27)28)13(20)33-7-6-15-10(17)4-5-16-12(19)11(18)14(2,3)8-29-32(24,25)30-31(21,22)23/h9,11,18H,4-8H2,1-3H3,(H,15,17)(H,16,19)(H,24,25)(H2,21,22,23)(H,26,27,28)/t9-,11-/m0/s1. The molecule has 34 heavy (non-hydrogen) atoms. The normalized spacial score (nSPS) is 16.2. The molecule has 3 atom stereocenters. The fourth-order valence-corrected chi connectivity index (χ4v) is 5.12. The summed E-state index contributed by atoms with van der Waals surface area (Å²) in [6.07, 6.45) is -2.03. The van der Waals surface area contributed by atoms with Crippen LogP contribution in [0.4, 0.5) is 0 Å². The van der Waals surface area contributed by atoms with Crippen LogP contribution < -0.4 is 10.6 Å². The maximum atomic E-state index is 12.1. The van der Waals surface area contributed by atoms with Crippen molar-refractivity contribution in [3.8, 4) is 0 Å². The van der Waals surface area contributed by atoms with Crippen molar-refractivity contribution in [3.05, 3.63) is 0 Å². The Kier molecular flexibility index (Phi) is 13.1. The SMILES string of the molecule is C[C@@H](C(=O)SCCNC(=O)CCNC(=O)[C@H](O)C(C)(C)COP(=O)(O)OP(=O)(O)O)S(=O)(=O)O. The lowest BCUT2D eigenvalue weighted by Crippen LogP contribution is -2.46. The van der Waals surface area contributed by atoms with Crippen LogP contribution in [-0.4, -0.2) is 86.5 Å². The second-order valence-corrected chi connectivity index (χ2v) is 13.1. The Bertz CT molecular complexity index is 935. The van der Waals surface area contributed by atoms with Crippen LogP contribution in [-0.2, 0) is 42.5 Å². The number of carbonyl (C=O) groups excluding carboxylic acids is 3. The molecule has 7 N–H and O–H groups in total. The summed E-state index contributed by atoms with van der Waals surface area (Å²) < 4.78 is 60.6. The number of phosphoric ester groups is 1. The molecular formula is C14H28N2O14P2S2. The molecule has 1 unspecified atom stereocenters. The lowest BCUT2D eigenvalue weighted by Gasteiger charge is -2.29. The Morgan fingerprint density at radius 1 is 1.09 bits per heavy atom. The van der Waals surface area contributed by atoms with E-state index < -0.39 is 66.1 Å². The van der Waals surface area contributed by atoms with E-state index in [0.29, 0.717) is 11.8 Å². The second kappa shape index (κ2) is 13.4. The number of aliphatic hydroxyl groups is 1. The van der Waals surface area contributed by atoms with E-state index in [9.17, 15) is 41.9 Å². The van der Waals surface area contributed by atoms with E-state index in [4.69, 9.17) is 14.3 Å². The van der Waals surface area contributed by atoms with Gasteiger partial charge in [-0.3, -0.25) is 23.5 Å². The molecule has 0 aliphatic heterocycles. The van der Waals surface area contributed by atoms with Gasteiger partial charge < -0.3 is 30.4 Å². The number of amides is 2. The number of aliphatic hydroxyl groups excluding tert-OH is 1. The van der Waals surface area contributed by atoms with Crippen LogP contribution >= 0.6 is 27.4 Å². The van der Waals surface area contributed by atoms with Crippen molar-refractivity contribution < 1.29 is 65.1 Å². The minimum Gasteiger partial charge on any atom is -0.383 e. The molecule has 0 bridgehead atoms. The number of nitrogens with one attached hydrogen (secondary N) is 2. The van der Waals surface area contributed by atoms with Gasteiger partial charge >= 0.3 is 15.6 Å². The van der Waals surface area contributed by atoms with Gasteiger partial charge in [-0.15, -0.1) is 0 Å². The topological polar surface area (TPSA) is 263 Å². The fourth-order valence-electron chi connectivity index (χ4n) is 1.91. The monoisotopic (exact) mass is 574 g/mol. The Balaban J connectivity index is 4.38. The number of carbonyl (C=O) groups is 3. The van der Waals surface area contributed by atoms with Crippen molar-refractivity contribution in [2.75, 3.05) is 25.4 Å². The van der Waals surface area contributed by atoms with Crippen molar-refractivity contribution >= 4 is 54.5 Å². The molecule has 200 valence electrons. The van der Waals surface area contributed by atoms with Crippen LogP contribution in [0.1, 0.15) is 27.2 Å². The van der Waals surface area contributed by atoms with Gasteiger partial charge in [0.25, 0.3) is 10.1 Å². The molecule has 20 heteroatoms. The quantitative estimate of drug-likeness (QED) is 0.0685. The molecule has 0 fully saturated rings. The number of phosphoric acid groups is 2. The van der Waals surface area contributed by atoms with E-state index in [1.807, 2.05) is 0 Å². The Morgan fingerprint density at radius 2 is 1.65 bits per heavy atom. The number of hydrogen-bond donors (Lipinski definition) is 7. The summed E-state index contributed by atoms with van der Waals surface area (Å²) >= 11 is 0.600. The van der Waals surface area contributed by atoms with Gasteiger partial charge in [-0.25, -0.2) is 9.13 Å². The van der Waals surface area contributed by atoms with Crippen LogP contribution in [0.3, 0.4) is 0 Å². The average molecular weight is 574 g/mol. The van der Waals surface area contributed by atoms with Crippen molar-refractivity contribution in [2.45, 2.75) is 38.5 Å². The molecule has 0 aliphatic rings. The first-order valence-electron chi connectivity index (χ1n) is 9.27. The molecule has 0 saturated heterocycles. The smallest absolute Gasteiger partial charge is 0.383 e. The summed E-state index contributed by atoms with van der Waals surface area (Å²) in [4.78, 5) is 61.7. The van der Waals surface area contributed by atoms with E-state index in [1.54, 1.807) is 0 Å². The highest BCUT2D eigenvalue weighted by atomic mass is 32.2. The van der Waals surface area contributed by atoms with E-state index in [0.717, 1.165) is 6.92 Å². The van der Waals surface area contributed by atoms with Crippen molar-refractivity contribution in [3.63, 3.8) is 0 Å². The van der Waals surface area contributed by atoms with Crippen molar-refractivity contribution in [2.24, 2.45) is 5.41 Å². The van der Waals surface area contributed by atoms with Gasteiger partial charge in [-0.05, 0) is 6.92 Å². The first-order valence-corrected chi connectivity index (χ1v) is 14.8. The molecule has 2 amide bonds. The highest BCUT2D eigenvalue weighted by Gasteiger charge is 2.39. The molecule has 0 heterocycles. The molecule has 0 aromatic carbocycles. The van der Waals surface area contributed by atoms with E-state index in [2.05, 4.69) is 19.5 Å². The van der Waals surface area contributed by atoms with Crippen LogP contribution in [0, 0.1) is 5.41 Å². The van der Waals surface area contributed by atoms with E-state index in [-0.39, 0.29) is 25.3 Å². The third-order valence-corrected chi connectivity index (χ3v) is 8.33. The molecule has 0 spiro atoms. The van der Waals surface area contributed by atoms with Gasteiger partial charge in [-0.1, -0.05) is 25.6 Å². The zero-order valence-electron chi connectivity index (χ0n) is 18.3. The predicted molar refractivity (Wildman–Crippen MR) is 118 cm³/mol. The fraction of sp³-hybridized carbons (Fsp3) is 0.786. The lowest BCUT2D eigenvalue weighted by atomic mass is 9.87. The molecule has 0 radical (unpaired) electrons. The molecule has 0 aromatic rings. The van der Waals surface area contributed by atoms with Crippen LogP contribution in [0.15, 0.2) is 0 Å². The highest BCUT2D eigenvalue weighted by molar-refractivity contribution is 8.15. The summed E-state index contributed by atoms with van der Waals surface area (Å²) in [6.45, 7) is 2.50. The number of rotatable bonds is 15. The van der Waals surface area contributed by atoms with Crippen molar-refractivity contribution in [1.29, 1.82) is 0 Å². The Morgan fingerprint density at radius 3 is 2.15 bits per heavy atom. The molecule has 0 aliphatic carbocycles. The molecule has 0 rings (SSSR count). The molecule has 16 nitrogen and oxygen atoms in total.